The van der Waals surface area contributed by atoms with Gasteiger partial charge in [0.1, 0.15) is 24.7 Å². The first-order chi connectivity index (χ1) is 15.9. The van der Waals surface area contributed by atoms with Crippen LogP contribution in [0.5, 0.6) is 17.2 Å². The van der Waals surface area contributed by atoms with E-state index in [2.05, 4.69) is 0 Å². The van der Waals surface area contributed by atoms with Gasteiger partial charge < -0.3 is 29.1 Å². The molecule has 174 valence electrons. The highest BCUT2D eigenvalue weighted by Gasteiger charge is 2.46. The van der Waals surface area contributed by atoms with E-state index in [1.807, 2.05) is 44.1 Å². The highest BCUT2D eigenvalue weighted by atomic mass is 16.6. The van der Waals surface area contributed by atoms with E-state index in [0.717, 1.165) is 0 Å². The van der Waals surface area contributed by atoms with Gasteiger partial charge in [0.25, 0.3) is 11.7 Å². The zero-order valence-electron chi connectivity index (χ0n) is 19.0. The van der Waals surface area contributed by atoms with Gasteiger partial charge in [-0.1, -0.05) is 12.1 Å². The first kappa shape index (κ1) is 22.7. The molecule has 8 heteroatoms. The topological polar surface area (TPSA) is 88.5 Å². The van der Waals surface area contributed by atoms with Crippen LogP contribution in [0.15, 0.2) is 48.0 Å². The number of likely N-dealkylation sites (N-methyl/N-ethyl adjacent to an activating group) is 1. The molecule has 4 rings (SSSR count). The lowest BCUT2D eigenvalue weighted by Gasteiger charge is -2.27. The molecular weight excluding hydrogens is 424 g/mol. The zero-order chi connectivity index (χ0) is 23.5. The smallest absolute Gasteiger partial charge is 0.295 e. The van der Waals surface area contributed by atoms with Crippen molar-refractivity contribution in [2.75, 3.05) is 47.0 Å². The van der Waals surface area contributed by atoms with Crippen LogP contribution in [0.3, 0.4) is 0 Å². The molecule has 0 aliphatic carbocycles. The van der Waals surface area contributed by atoms with E-state index in [1.54, 1.807) is 24.3 Å². The number of aliphatic hydroxyl groups excluding tert-OH is 1. The summed E-state index contributed by atoms with van der Waals surface area (Å²) < 4.78 is 16.8. The van der Waals surface area contributed by atoms with Crippen molar-refractivity contribution in [3.8, 4) is 17.2 Å². The first-order valence-corrected chi connectivity index (χ1v) is 11.0. The molecule has 1 fully saturated rings. The molecule has 8 nitrogen and oxygen atoms in total. The second-order valence-electron chi connectivity index (χ2n) is 8.16. The Morgan fingerprint density at radius 1 is 1.12 bits per heavy atom. The summed E-state index contributed by atoms with van der Waals surface area (Å²) in [6, 6.07) is 11.5. The van der Waals surface area contributed by atoms with Crippen LogP contribution in [0.1, 0.15) is 24.1 Å². The van der Waals surface area contributed by atoms with Crippen LogP contribution in [0.4, 0.5) is 0 Å². The molecule has 0 saturated carbocycles. The van der Waals surface area contributed by atoms with E-state index < -0.39 is 17.7 Å². The van der Waals surface area contributed by atoms with Gasteiger partial charge in [0.2, 0.25) is 0 Å². The van der Waals surface area contributed by atoms with Crippen LogP contribution in [-0.4, -0.2) is 73.6 Å². The van der Waals surface area contributed by atoms with Gasteiger partial charge >= 0.3 is 0 Å². The molecule has 2 aliphatic heterocycles. The predicted octanol–water partition coefficient (Wildman–Crippen LogP) is 2.84. The fourth-order valence-corrected chi connectivity index (χ4v) is 4.05. The predicted molar refractivity (Wildman–Crippen MR) is 123 cm³/mol. The van der Waals surface area contributed by atoms with Gasteiger partial charge in [-0.25, -0.2) is 0 Å². The van der Waals surface area contributed by atoms with Gasteiger partial charge in [0.05, 0.1) is 18.2 Å². The van der Waals surface area contributed by atoms with E-state index >= 15 is 0 Å². The number of fused-ring (bicyclic) bond motifs is 1. The Morgan fingerprint density at radius 2 is 1.88 bits per heavy atom. The van der Waals surface area contributed by atoms with Crippen LogP contribution in [-0.2, 0) is 9.59 Å². The molecule has 33 heavy (non-hydrogen) atoms. The number of hydrogen-bond acceptors (Lipinski definition) is 7. The molecule has 1 amide bonds. The fraction of sp³-hybridized carbons (Fsp3) is 0.360. The average Bonchev–Trinajstić information content (AvgIpc) is 3.07. The Morgan fingerprint density at radius 3 is 2.61 bits per heavy atom. The number of carbonyl (C=O) groups excluding carboxylic acids is 2. The van der Waals surface area contributed by atoms with Gasteiger partial charge in [-0.2, -0.15) is 0 Å². The normalized spacial score (nSPS) is 19.3. The summed E-state index contributed by atoms with van der Waals surface area (Å²) in [6.07, 6.45) is 0. The van der Waals surface area contributed by atoms with E-state index in [4.69, 9.17) is 14.2 Å². The van der Waals surface area contributed by atoms with Crippen molar-refractivity contribution in [3.63, 3.8) is 0 Å². The highest BCUT2D eigenvalue weighted by molar-refractivity contribution is 6.46. The van der Waals surface area contributed by atoms with Crippen molar-refractivity contribution in [2.45, 2.75) is 13.0 Å². The SMILES string of the molecule is CCOc1cccc(C2/C(=C(\O)c3ccc4c(c3)OCCO4)C(=O)C(=O)N2CCN(C)C)c1. The van der Waals surface area contributed by atoms with Crippen molar-refractivity contribution in [2.24, 2.45) is 0 Å². The second-order valence-corrected chi connectivity index (χ2v) is 8.16. The monoisotopic (exact) mass is 452 g/mol. The summed E-state index contributed by atoms with van der Waals surface area (Å²) in [4.78, 5) is 29.6. The number of likely N-dealkylation sites (tertiary alicyclic amines) is 1. The van der Waals surface area contributed by atoms with E-state index in [1.165, 1.54) is 4.90 Å². The number of rotatable bonds is 7. The van der Waals surface area contributed by atoms with Crippen LogP contribution in [0, 0.1) is 0 Å². The lowest BCUT2D eigenvalue weighted by molar-refractivity contribution is -0.140. The summed E-state index contributed by atoms with van der Waals surface area (Å²) in [6.45, 7) is 4.12. The van der Waals surface area contributed by atoms with E-state index in [0.29, 0.717) is 61.3 Å². The van der Waals surface area contributed by atoms with Gasteiger partial charge in [0.15, 0.2) is 11.5 Å². The molecule has 1 N–H and O–H groups in total. The lowest BCUT2D eigenvalue weighted by Crippen LogP contribution is -2.35. The summed E-state index contributed by atoms with van der Waals surface area (Å²) >= 11 is 0. The standard InChI is InChI=1S/C25H28N2O6/c1-4-31-18-7-5-6-16(14-18)22-21(24(29)25(30)27(22)11-10-26(2)3)23(28)17-8-9-19-20(15-17)33-13-12-32-19/h5-9,14-15,22,28H,4,10-13H2,1-3H3/b23-21+. The average molecular weight is 453 g/mol. The number of Topliss-reactive ketones (excluding diaryl/α,β-unsaturated/α-hetero) is 1. The largest absolute Gasteiger partial charge is 0.507 e. The van der Waals surface area contributed by atoms with Crippen molar-refractivity contribution >= 4 is 17.4 Å². The maximum atomic E-state index is 13.1. The Kier molecular flexibility index (Phi) is 6.55. The molecular formula is C25H28N2O6. The number of hydrogen-bond donors (Lipinski definition) is 1. The Hall–Kier alpha value is -3.52. The minimum atomic E-state index is -0.737. The molecule has 0 spiro atoms. The van der Waals surface area contributed by atoms with Gasteiger partial charge in [-0.05, 0) is 56.9 Å². The Bertz CT molecular complexity index is 1090. The number of ether oxygens (including phenoxy) is 3. The minimum absolute atomic E-state index is 0.0454. The van der Waals surface area contributed by atoms with Gasteiger partial charge in [0, 0.05) is 18.7 Å². The van der Waals surface area contributed by atoms with Crippen LogP contribution >= 0.6 is 0 Å². The first-order valence-electron chi connectivity index (χ1n) is 11.0. The second kappa shape index (κ2) is 9.54. The summed E-state index contributed by atoms with van der Waals surface area (Å²) in [5.74, 6) is 0.0972. The molecule has 1 saturated heterocycles. The van der Waals surface area contributed by atoms with Crippen molar-refractivity contribution in [1.82, 2.24) is 9.80 Å². The van der Waals surface area contributed by atoms with E-state index in [-0.39, 0.29) is 11.3 Å². The molecule has 1 unspecified atom stereocenters. The molecule has 2 aliphatic rings. The zero-order valence-corrected chi connectivity index (χ0v) is 19.0. The minimum Gasteiger partial charge on any atom is -0.507 e. The van der Waals surface area contributed by atoms with Crippen LogP contribution in [0.2, 0.25) is 0 Å². The third-order valence-electron chi connectivity index (χ3n) is 5.63. The maximum absolute atomic E-state index is 13.1. The number of benzene rings is 2. The maximum Gasteiger partial charge on any atom is 0.295 e. The molecule has 2 heterocycles. The van der Waals surface area contributed by atoms with Crippen molar-refractivity contribution in [3.05, 3.63) is 59.2 Å². The van der Waals surface area contributed by atoms with Crippen molar-refractivity contribution in [1.29, 1.82) is 0 Å². The van der Waals surface area contributed by atoms with Crippen LogP contribution in [0.25, 0.3) is 5.76 Å². The highest BCUT2D eigenvalue weighted by Crippen LogP contribution is 2.41. The van der Waals surface area contributed by atoms with Gasteiger partial charge in [-0.3, -0.25) is 9.59 Å². The number of aliphatic hydroxyl groups is 1. The third kappa shape index (κ3) is 4.52. The molecule has 1 atom stereocenters. The molecule has 0 aromatic heterocycles. The molecule has 2 aromatic rings. The van der Waals surface area contributed by atoms with E-state index in [9.17, 15) is 14.7 Å². The Balaban J connectivity index is 1.82. The number of amides is 1. The Labute approximate surface area is 193 Å². The number of carbonyl (C=O) groups is 2. The summed E-state index contributed by atoms with van der Waals surface area (Å²) in [7, 11) is 3.80. The van der Waals surface area contributed by atoms with Crippen molar-refractivity contribution < 1.29 is 28.9 Å². The summed E-state index contributed by atoms with van der Waals surface area (Å²) in [5, 5.41) is 11.3. The quantitative estimate of drug-likeness (QED) is 0.393. The summed E-state index contributed by atoms with van der Waals surface area (Å²) in [5.41, 5.74) is 1.12. The molecule has 2 aromatic carbocycles. The third-order valence-corrected chi connectivity index (χ3v) is 5.63. The number of nitrogens with zero attached hydrogens (tertiary/aromatic N) is 2. The van der Waals surface area contributed by atoms with Crippen LogP contribution < -0.4 is 14.2 Å². The fourth-order valence-electron chi connectivity index (χ4n) is 4.05. The molecule has 0 bridgehead atoms. The van der Waals surface area contributed by atoms with Gasteiger partial charge in [-0.15, -0.1) is 0 Å². The number of ketones is 1. The molecule has 0 radical (unpaired) electrons. The lowest BCUT2D eigenvalue weighted by atomic mass is 9.95.